The molecule has 2 aromatic rings. The highest BCUT2D eigenvalue weighted by Crippen LogP contribution is 2.65. The molecule has 4 aliphatic rings. The average molecular weight is 442 g/mol. The molecule has 0 saturated heterocycles. The summed E-state index contributed by atoms with van der Waals surface area (Å²) in [6, 6.07) is 10.9. The summed E-state index contributed by atoms with van der Waals surface area (Å²) in [4.78, 5) is 27.8. The number of carbonyl (C=O) groups is 2. The van der Waals surface area contributed by atoms with E-state index in [9.17, 15) is 9.59 Å². The summed E-state index contributed by atoms with van der Waals surface area (Å²) in [5.74, 6) is 0.910. The van der Waals surface area contributed by atoms with Gasteiger partial charge >= 0.3 is 6.09 Å². The van der Waals surface area contributed by atoms with Crippen LogP contribution in [0.2, 0.25) is 0 Å². The molecule has 1 aromatic carbocycles. The number of ether oxygens (including phenoxy) is 1. The van der Waals surface area contributed by atoms with Crippen LogP contribution < -0.4 is 15.5 Å². The van der Waals surface area contributed by atoms with Crippen molar-refractivity contribution < 1.29 is 19.5 Å². The number of rotatable bonds is 6. The van der Waals surface area contributed by atoms with Gasteiger partial charge in [0.2, 0.25) is 5.91 Å². The lowest BCUT2D eigenvalue weighted by molar-refractivity contribution is -0.128. The number of nitrogens with one attached hydrogen (secondary N) is 2. The molecule has 4 bridgehead atoms. The Bertz CT molecular complexity index is 962. The third-order valence-corrected chi connectivity index (χ3v) is 8.12. The summed E-state index contributed by atoms with van der Waals surface area (Å²) < 4.78 is 5.35. The molecule has 164 valence electrons. The third kappa shape index (κ3) is 4.06. The van der Waals surface area contributed by atoms with Crippen LogP contribution in [-0.2, 0) is 16.6 Å². The van der Waals surface area contributed by atoms with E-state index in [0.717, 1.165) is 29.6 Å². The van der Waals surface area contributed by atoms with Crippen LogP contribution in [0.1, 0.15) is 49.8 Å². The fourth-order valence-electron chi connectivity index (χ4n) is 6.78. The van der Waals surface area contributed by atoms with Crippen molar-refractivity contribution in [2.24, 2.45) is 17.3 Å². The maximum absolute atomic E-state index is 12.5. The van der Waals surface area contributed by atoms with Gasteiger partial charge in [-0.15, -0.1) is 0 Å². The Morgan fingerprint density at radius 2 is 1.90 bits per heavy atom. The number of amides is 2. The van der Waals surface area contributed by atoms with Crippen LogP contribution in [0.3, 0.4) is 0 Å². The largest absolute Gasteiger partial charge is 0.414 e. The summed E-state index contributed by atoms with van der Waals surface area (Å²) >= 11 is 1.16. The van der Waals surface area contributed by atoms with Gasteiger partial charge in [-0.25, -0.2) is 15.3 Å². The van der Waals surface area contributed by atoms with Crippen molar-refractivity contribution in [1.82, 2.24) is 15.8 Å². The van der Waals surface area contributed by atoms with Crippen molar-refractivity contribution in [1.29, 1.82) is 0 Å². The number of hydrogen-bond donors (Lipinski definition) is 3. The monoisotopic (exact) mass is 441 g/mol. The number of hydroxylamine groups is 1. The Hall–Kier alpha value is -2.45. The molecule has 6 rings (SSSR count). The normalized spacial score (nSPS) is 30.7. The first-order valence-electron chi connectivity index (χ1n) is 10.9. The minimum atomic E-state index is -0.560. The molecule has 1 aromatic heterocycles. The molecule has 4 aliphatic carbocycles. The molecule has 7 nitrogen and oxygen atoms in total. The van der Waals surface area contributed by atoms with Crippen LogP contribution in [0, 0.1) is 17.3 Å². The Kier molecular flexibility index (Phi) is 5.22. The summed E-state index contributed by atoms with van der Waals surface area (Å²) in [6.07, 6.45) is 6.76. The van der Waals surface area contributed by atoms with Crippen molar-refractivity contribution in [3.05, 3.63) is 47.0 Å². The number of carbonyl (C=O) groups excluding carboxylic acids is 2. The second-order valence-electron chi connectivity index (χ2n) is 9.67. The van der Waals surface area contributed by atoms with Crippen molar-refractivity contribution in [2.45, 2.75) is 50.4 Å². The van der Waals surface area contributed by atoms with E-state index in [1.54, 1.807) is 10.9 Å². The van der Waals surface area contributed by atoms with Crippen LogP contribution in [0.5, 0.6) is 5.19 Å². The van der Waals surface area contributed by atoms with E-state index < -0.39 is 12.0 Å². The minimum absolute atomic E-state index is 0.0641. The Morgan fingerprint density at radius 1 is 1.16 bits per heavy atom. The van der Waals surface area contributed by atoms with E-state index in [-0.39, 0.29) is 22.4 Å². The lowest BCUT2D eigenvalue weighted by Crippen LogP contribution is -2.57. The van der Waals surface area contributed by atoms with Gasteiger partial charge in [0, 0.05) is 11.9 Å². The average Bonchev–Trinajstić information content (AvgIpc) is 3.18. The van der Waals surface area contributed by atoms with Gasteiger partial charge in [-0.1, -0.05) is 41.7 Å². The first-order chi connectivity index (χ1) is 15.0. The number of thiazole rings is 1. The van der Waals surface area contributed by atoms with E-state index in [0.29, 0.717) is 12.2 Å². The van der Waals surface area contributed by atoms with Crippen molar-refractivity contribution in [3.63, 3.8) is 0 Å². The van der Waals surface area contributed by atoms with E-state index in [4.69, 9.17) is 9.94 Å². The molecule has 2 amide bonds. The Labute approximate surface area is 185 Å². The Morgan fingerprint density at radius 3 is 2.61 bits per heavy atom. The maximum atomic E-state index is 12.5. The maximum Gasteiger partial charge on any atom is 0.414 e. The zero-order chi connectivity index (χ0) is 21.5. The molecule has 3 N–H and O–H groups in total. The van der Waals surface area contributed by atoms with Gasteiger partial charge in [-0.05, 0) is 66.8 Å². The van der Waals surface area contributed by atoms with Gasteiger partial charge < -0.3 is 10.1 Å². The molecule has 8 heteroatoms. The first kappa shape index (κ1) is 20.5. The summed E-state index contributed by atoms with van der Waals surface area (Å²) in [5, 5.41) is 13.4. The molecule has 2 unspecified atom stereocenters. The lowest BCUT2D eigenvalue weighted by Gasteiger charge is -2.62. The third-order valence-electron chi connectivity index (χ3n) is 7.35. The number of nitrogens with zero attached hydrogens (tertiary/aromatic N) is 1. The van der Waals surface area contributed by atoms with Crippen molar-refractivity contribution in [2.75, 3.05) is 6.54 Å². The molecule has 0 spiro atoms. The highest BCUT2D eigenvalue weighted by atomic mass is 32.1. The molecule has 1 heterocycles. The highest BCUT2D eigenvalue weighted by Gasteiger charge is 2.58. The van der Waals surface area contributed by atoms with Gasteiger partial charge in [-0.2, -0.15) is 0 Å². The smallest absolute Gasteiger partial charge is 0.381 e. The fourth-order valence-corrected chi connectivity index (χ4v) is 7.45. The second kappa shape index (κ2) is 7.91. The molecule has 2 atom stereocenters. The van der Waals surface area contributed by atoms with Gasteiger partial charge in [0.25, 0.3) is 5.19 Å². The van der Waals surface area contributed by atoms with E-state index in [1.807, 2.05) is 0 Å². The standard InChI is InChI=1S/C23H27N3O4S/c27-19(26-29)7-18-12-31-21(25-18)30-20(28)24-14-22-8-15-6-16(9-22)11-23(10-15,13-22)17-4-2-1-3-5-17/h1-5,12,15-16,29H,6-11,13-14H2,(H,24,28)(H,26,27). The lowest BCUT2D eigenvalue weighted by atomic mass is 9.43. The van der Waals surface area contributed by atoms with Crippen molar-refractivity contribution >= 4 is 23.3 Å². The molecule has 31 heavy (non-hydrogen) atoms. The highest BCUT2D eigenvalue weighted by molar-refractivity contribution is 7.11. The van der Waals surface area contributed by atoms with Gasteiger partial charge in [0.05, 0.1) is 12.1 Å². The first-order valence-corrected chi connectivity index (χ1v) is 11.7. The molecular weight excluding hydrogens is 414 g/mol. The van der Waals surface area contributed by atoms with Crippen LogP contribution in [0.25, 0.3) is 0 Å². The Balaban J connectivity index is 1.23. The topological polar surface area (TPSA) is 101 Å². The minimum Gasteiger partial charge on any atom is -0.381 e. The quantitative estimate of drug-likeness (QED) is 0.467. The molecule has 0 radical (unpaired) electrons. The van der Waals surface area contributed by atoms with E-state index in [2.05, 4.69) is 40.6 Å². The predicted molar refractivity (Wildman–Crippen MR) is 115 cm³/mol. The molecule has 4 fully saturated rings. The SMILES string of the molecule is O=C(Cc1csc(OC(=O)NCC23CC4CC(C2)CC(c2ccccc2)(C4)C3)n1)NO. The van der Waals surface area contributed by atoms with E-state index in [1.165, 1.54) is 37.7 Å². The van der Waals surface area contributed by atoms with E-state index >= 15 is 0 Å². The summed E-state index contributed by atoms with van der Waals surface area (Å²) in [5.41, 5.74) is 3.85. The molecule has 4 saturated carbocycles. The zero-order valence-electron chi connectivity index (χ0n) is 17.3. The number of aromatic nitrogens is 1. The van der Waals surface area contributed by atoms with Gasteiger partial charge in [-0.3, -0.25) is 10.0 Å². The zero-order valence-corrected chi connectivity index (χ0v) is 18.1. The fraction of sp³-hybridized carbons (Fsp3) is 0.522. The second-order valence-corrected chi connectivity index (χ2v) is 10.5. The van der Waals surface area contributed by atoms with Crippen LogP contribution in [-0.4, -0.2) is 28.7 Å². The van der Waals surface area contributed by atoms with Crippen molar-refractivity contribution in [3.8, 4) is 5.19 Å². The van der Waals surface area contributed by atoms with Crippen LogP contribution in [0.15, 0.2) is 35.7 Å². The molecule has 0 aliphatic heterocycles. The molecular formula is C23H27N3O4S. The predicted octanol–water partition coefficient (Wildman–Crippen LogP) is 3.82. The number of hydrogen-bond acceptors (Lipinski definition) is 6. The summed E-state index contributed by atoms with van der Waals surface area (Å²) in [6.45, 7) is 0.624. The van der Waals surface area contributed by atoms with Gasteiger partial charge in [0.1, 0.15) is 0 Å². The van der Waals surface area contributed by atoms with Crippen LogP contribution in [0.4, 0.5) is 4.79 Å². The summed E-state index contributed by atoms with van der Waals surface area (Å²) in [7, 11) is 0. The van der Waals surface area contributed by atoms with Gasteiger partial charge in [0.15, 0.2) is 0 Å². The van der Waals surface area contributed by atoms with Crippen LogP contribution >= 0.6 is 11.3 Å². The number of benzene rings is 1.